The lowest BCUT2D eigenvalue weighted by molar-refractivity contribution is 0.103. The number of ketones is 1. The first-order valence-corrected chi connectivity index (χ1v) is 17.1. The van der Waals surface area contributed by atoms with E-state index < -0.39 is 5.41 Å². The number of hydrogen-bond donors (Lipinski definition) is 0. The third-order valence-corrected chi connectivity index (χ3v) is 9.85. The van der Waals surface area contributed by atoms with E-state index in [1.165, 1.54) is 0 Å². The molecule has 4 heteroatoms. The van der Waals surface area contributed by atoms with Gasteiger partial charge in [-0.25, -0.2) is 15.0 Å². The highest BCUT2D eigenvalue weighted by molar-refractivity contribution is 6.14. The number of aromatic nitrogens is 3. The van der Waals surface area contributed by atoms with Crippen molar-refractivity contribution in [1.29, 1.82) is 0 Å². The second-order valence-corrected chi connectivity index (χ2v) is 12.7. The van der Waals surface area contributed by atoms with Gasteiger partial charge in [-0.15, -0.1) is 0 Å². The van der Waals surface area contributed by atoms with E-state index in [1.807, 2.05) is 109 Å². The lowest BCUT2D eigenvalue weighted by Crippen LogP contribution is -2.38. The van der Waals surface area contributed by atoms with E-state index in [9.17, 15) is 4.79 Å². The van der Waals surface area contributed by atoms with Crippen molar-refractivity contribution in [2.24, 2.45) is 0 Å². The van der Waals surface area contributed by atoms with Gasteiger partial charge in [0.05, 0.1) is 5.41 Å². The molecule has 0 bridgehead atoms. The molecule has 4 nitrogen and oxygen atoms in total. The van der Waals surface area contributed by atoms with Crippen molar-refractivity contribution < 1.29 is 4.79 Å². The fraction of sp³-hybridized carbons (Fsp3) is 0.0213. The monoisotopic (exact) mass is 653 g/mol. The van der Waals surface area contributed by atoms with E-state index in [1.54, 1.807) is 0 Å². The summed E-state index contributed by atoms with van der Waals surface area (Å²) in [6, 6.07) is 63.7. The van der Waals surface area contributed by atoms with Crippen LogP contribution in [-0.4, -0.2) is 20.7 Å². The van der Waals surface area contributed by atoms with Crippen LogP contribution in [0.5, 0.6) is 0 Å². The van der Waals surface area contributed by atoms with E-state index in [2.05, 4.69) is 78.9 Å². The summed E-state index contributed by atoms with van der Waals surface area (Å²) in [7, 11) is 0. The quantitative estimate of drug-likeness (QED) is 0.179. The lowest BCUT2D eigenvalue weighted by Gasteiger charge is -2.41. The minimum atomic E-state index is -0.691. The number of nitrogens with zero attached hydrogens (tertiary/aromatic N) is 3. The van der Waals surface area contributed by atoms with E-state index >= 15 is 0 Å². The molecule has 8 aromatic rings. The molecule has 0 saturated carbocycles. The predicted octanol–water partition coefficient (Wildman–Crippen LogP) is 10.5. The van der Waals surface area contributed by atoms with Crippen LogP contribution in [0.25, 0.3) is 45.3 Å². The Morgan fingerprint density at radius 3 is 1.24 bits per heavy atom. The van der Waals surface area contributed by atoms with Crippen molar-refractivity contribution in [2.45, 2.75) is 5.41 Å². The molecule has 240 valence electrons. The van der Waals surface area contributed by atoms with Crippen LogP contribution < -0.4 is 0 Å². The van der Waals surface area contributed by atoms with Crippen molar-refractivity contribution in [2.75, 3.05) is 0 Å². The molecule has 1 aliphatic rings. The number of benzene rings is 7. The minimum absolute atomic E-state index is 0.0559. The first-order chi connectivity index (χ1) is 25.2. The lowest BCUT2D eigenvalue weighted by atomic mass is 9.59. The third kappa shape index (κ3) is 5.08. The Labute approximate surface area is 296 Å². The molecule has 51 heavy (non-hydrogen) atoms. The predicted molar refractivity (Wildman–Crippen MR) is 203 cm³/mol. The summed E-state index contributed by atoms with van der Waals surface area (Å²) in [6.07, 6.45) is 0. The molecular formula is C47H31N3O. The molecule has 0 radical (unpaired) electrons. The molecule has 1 heterocycles. The molecule has 1 aromatic heterocycles. The van der Waals surface area contributed by atoms with E-state index in [-0.39, 0.29) is 5.78 Å². The van der Waals surface area contributed by atoms with Gasteiger partial charge in [-0.1, -0.05) is 188 Å². The number of rotatable bonds is 6. The summed E-state index contributed by atoms with van der Waals surface area (Å²) in [4.78, 5) is 28.8. The number of carbonyl (C=O) groups is 1. The molecule has 0 unspecified atom stereocenters. The Bertz CT molecular complexity index is 2420. The van der Waals surface area contributed by atoms with Gasteiger partial charge in [0.2, 0.25) is 0 Å². The van der Waals surface area contributed by atoms with Crippen molar-refractivity contribution in [3.63, 3.8) is 0 Å². The van der Waals surface area contributed by atoms with Gasteiger partial charge in [-0.3, -0.25) is 4.79 Å². The number of carbonyl (C=O) groups excluding carboxylic acids is 1. The van der Waals surface area contributed by atoms with Crippen molar-refractivity contribution in [3.8, 4) is 45.3 Å². The largest absolute Gasteiger partial charge is 0.289 e. The van der Waals surface area contributed by atoms with E-state index in [4.69, 9.17) is 15.0 Å². The first-order valence-electron chi connectivity index (χ1n) is 17.1. The minimum Gasteiger partial charge on any atom is -0.289 e. The van der Waals surface area contributed by atoms with E-state index in [0.29, 0.717) is 17.5 Å². The number of hydrogen-bond acceptors (Lipinski definition) is 4. The Morgan fingerprint density at radius 1 is 0.314 bits per heavy atom. The van der Waals surface area contributed by atoms with Crippen LogP contribution in [0, 0.1) is 0 Å². The van der Waals surface area contributed by atoms with E-state index in [0.717, 1.165) is 61.2 Å². The second kappa shape index (κ2) is 12.6. The van der Waals surface area contributed by atoms with Gasteiger partial charge >= 0.3 is 0 Å². The third-order valence-electron chi connectivity index (χ3n) is 9.85. The fourth-order valence-corrected chi connectivity index (χ4v) is 7.54. The van der Waals surface area contributed by atoms with Crippen LogP contribution in [0.4, 0.5) is 0 Å². The Balaban J connectivity index is 1.22. The molecule has 0 atom stereocenters. The maximum atomic E-state index is 13.9. The van der Waals surface area contributed by atoms with Crippen molar-refractivity contribution >= 4 is 5.78 Å². The average Bonchev–Trinajstić information content (AvgIpc) is 3.22. The standard InChI is InChI=1S/C47H31N3O/c51-43-39-24-12-14-26-41(39)47(35-20-8-3-9-21-35,42-27-15-13-25-40(42)43)36-30-28-32(29-31-36)37-22-10-11-23-38(37)46-49-44(33-16-4-1-5-17-33)48-45(50-46)34-18-6-2-7-19-34/h1-31H. The summed E-state index contributed by atoms with van der Waals surface area (Å²) >= 11 is 0. The molecule has 0 aliphatic heterocycles. The Morgan fingerprint density at radius 2 is 0.706 bits per heavy atom. The average molecular weight is 654 g/mol. The molecule has 0 N–H and O–H groups in total. The van der Waals surface area contributed by atoms with Gasteiger partial charge in [0.25, 0.3) is 0 Å². The van der Waals surface area contributed by atoms with Gasteiger partial charge in [-0.2, -0.15) is 0 Å². The summed E-state index contributed by atoms with van der Waals surface area (Å²) in [5, 5.41) is 0. The zero-order valence-electron chi connectivity index (χ0n) is 27.6. The molecule has 0 amide bonds. The molecule has 0 spiro atoms. The maximum absolute atomic E-state index is 13.9. The van der Waals surface area contributed by atoms with Gasteiger partial charge in [0, 0.05) is 27.8 Å². The molecular weight excluding hydrogens is 623 g/mol. The second-order valence-electron chi connectivity index (χ2n) is 12.7. The molecule has 1 aliphatic carbocycles. The van der Waals surface area contributed by atoms with Crippen LogP contribution in [0.3, 0.4) is 0 Å². The summed E-state index contributed by atoms with van der Waals surface area (Å²) in [6.45, 7) is 0. The van der Waals surface area contributed by atoms with Crippen LogP contribution >= 0.6 is 0 Å². The Kier molecular flexibility index (Phi) is 7.48. The highest BCUT2D eigenvalue weighted by Gasteiger charge is 2.46. The molecule has 9 rings (SSSR count). The van der Waals surface area contributed by atoms with Gasteiger partial charge in [0.15, 0.2) is 23.3 Å². The smallest absolute Gasteiger partial charge is 0.193 e. The topological polar surface area (TPSA) is 55.7 Å². The highest BCUT2D eigenvalue weighted by atomic mass is 16.1. The summed E-state index contributed by atoms with van der Waals surface area (Å²) in [5.41, 5.74) is 9.76. The Hall–Kier alpha value is -6.78. The van der Waals surface area contributed by atoms with Crippen LogP contribution in [0.2, 0.25) is 0 Å². The zero-order valence-corrected chi connectivity index (χ0v) is 27.6. The first kappa shape index (κ1) is 30.3. The van der Waals surface area contributed by atoms with Gasteiger partial charge in [0.1, 0.15) is 0 Å². The zero-order chi connectivity index (χ0) is 34.2. The SMILES string of the molecule is O=C1c2ccccc2C(c2ccccc2)(c2ccc(-c3ccccc3-c3nc(-c4ccccc4)nc(-c4ccccc4)n3)cc2)c2ccccc21. The van der Waals surface area contributed by atoms with Crippen LogP contribution in [-0.2, 0) is 5.41 Å². The van der Waals surface area contributed by atoms with Crippen molar-refractivity contribution in [1.82, 2.24) is 15.0 Å². The molecule has 7 aromatic carbocycles. The van der Waals surface area contributed by atoms with Crippen molar-refractivity contribution in [3.05, 3.63) is 221 Å². The molecule has 0 saturated heterocycles. The highest BCUT2D eigenvalue weighted by Crippen LogP contribution is 2.51. The maximum Gasteiger partial charge on any atom is 0.193 e. The summed E-state index contributed by atoms with van der Waals surface area (Å²) in [5.74, 6) is 1.91. The van der Waals surface area contributed by atoms with Crippen LogP contribution in [0.15, 0.2) is 188 Å². The summed E-state index contributed by atoms with van der Waals surface area (Å²) < 4.78 is 0. The number of fused-ring (bicyclic) bond motifs is 2. The molecule has 0 fully saturated rings. The van der Waals surface area contributed by atoms with Gasteiger partial charge in [-0.05, 0) is 33.4 Å². The van der Waals surface area contributed by atoms with Crippen LogP contribution in [0.1, 0.15) is 38.2 Å². The fourth-order valence-electron chi connectivity index (χ4n) is 7.54. The van der Waals surface area contributed by atoms with Gasteiger partial charge < -0.3 is 0 Å². The normalized spacial score (nSPS) is 12.9.